The Kier molecular flexibility index (Phi) is 5.53. The van der Waals surface area contributed by atoms with Gasteiger partial charge in [-0.1, -0.05) is 17.3 Å². The molecule has 3 heterocycles. The summed E-state index contributed by atoms with van der Waals surface area (Å²) in [5.41, 5.74) is 2.91. The molecule has 0 radical (unpaired) electrons. The van der Waals surface area contributed by atoms with Crippen LogP contribution in [-0.2, 0) is 16.6 Å². The van der Waals surface area contributed by atoms with E-state index in [-0.39, 0.29) is 23.1 Å². The lowest BCUT2D eigenvalue weighted by atomic mass is 10.1. The number of anilines is 1. The van der Waals surface area contributed by atoms with Crippen molar-refractivity contribution in [3.8, 4) is 0 Å². The van der Waals surface area contributed by atoms with Crippen LogP contribution in [0.15, 0.2) is 61.1 Å². The van der Waals surface area contributed by atoms with E-state index in [0.717, 1.165) is 11.3 Å². The van der Waals surface area contributed by atoms with Gasteiger partial charge in [0.05, 0.1) is 17.0 Å². The molecule has 0 unspecified atom stereocenters. The van der Waals surface area contributed by atoms with Crippen molar-refractivity contribution in [1.29, 1.82) is 0 Å². The van der Waals surface area contributed by atoms with Gasteiger partial charge in [-0.3, -0.25) is 4.57 Å². The maximum absolute atomic E-state index is 13.4. The first-order chi connectivity index (χ1) is 16.2. The molecule has 0 spiro atoms. The number of oxazole rings is 1. The summed E-state index contributed by atoms with van der Waals surface area (Å²) >= 11 is 0. The van der Waals surface area contributed by atoms with Gasteiger partial charge in [0.25, 0.3) is 0 Å². The number of piperazine rings is 1. The topological polar surface area (TPSA) is 115 Å². The van der Waals surface area contributed by atoms with E-state index in [9.17, 15) is 13.2 Å². The number of hydrogen-bond donors (Lipinski definition) is 0. The molecule has 2 aromatic heterocycles. The third kappa shape index (κ3) is 4.01. The summed E-state index contributed by atoms with van der Waals surface area (Å²) in [6.07, 6.45) is 0. The third-order valence-electron chi connectivity index (χ3n) is 6.07. The van der Waals surface area contributed by atoms with Gasteiger partial charge in [0.2, 0.25) is 15.9 Å². The summed E-state index contributed by atoms with van der Waals surface area (Å²) in [5.74, 6) is 0.104. The second kappa shape index (κ2) is 8.41. The largest absolute Gasteiger partial charge is 0.420 e. The van der Waals surface area contributed by atoms with E-state index in [4.69, 9.17) is 8.94 Å². The monoisotopic (exact) mass is 483 g/mol. The molecule has 178 valence electrons. The van der Waals surface area contributed by atoms with Crippen molar-refractivity contribution in [3.63, 3.8) is 0 Å². The molecule has 0 N–H and O–H groups in total. The number of sulfonamides is 1. The van der Waals surface area contributed by atoms with E-state index in [1.165, 1.54) is 21.0 Å². The molecular weight excluding hydrogens is 458 g/mol. The summed E-state index contributed by atoms with van der Waals surface area (Å²) in [5, 5.41) is 3.80. The first kappa shape index (κ1) is 22.4. The number of aryl methyl sites for hydroxylation is 2. The average molecular weight is 484 g/mol. The number of rotatable bonds is 5. The minimum absolute atomic E-state index is 0.00601. The van der Waals surface area contributed by atoms with Crippen LogP contribution in [0.1, 0.15) is 24.2 Å². The predicted molar refractivity (Wildman–Crippen MR) is 125 cm³/mol. The molecule has 1 fully saturated rings. The van der Waals surface area contributed by atoms with Crippen LogP contribution in [-0.4, -0.2) is 53.1 Å². The predicted octanol–water partition coefficient (Wildman–Crippen LogP) is 2.54. The third-order valence-corrected chi connectivity index (χ3v) is 7.93. The van der Waals surface area contributed by atoms with Crippen LogP contribution >= 0.6 is 0 Å². The first-order valence-electron chi connectivity index (χ1n) is 11.0. The summed E-state index contributed by atoms with van der Waals surface area (Å²) in [4.78, 5) is 18.8. The lowest BCUT2D eigenvalue weighted by Gasteiger charge is -2.40. The molecule has 11 heteroatoms. The highest BCUT2D eigenvalue weighted by atomic mass is 32.2. The number of nitrogens with zero attached hydrogens (tertiary/aromatic N) is 5. The van der Waals surface area contributed by atoms with Crippen LogP contribution in [0.25, 0.3) is 11.1 Å². The Hall–Kier alpha value is -3.44. The lowest BCUT2D eigenvalue weighted by molar-refractivity contribution is 0.342. The zero-order valence-corrected chi connectivity index (χ0v) is 19.9. The molecule has 5 rings (SSSR count). The van der Waals surface area contributed by atoms with Crippen molar-refractivity contribution in [3.05, 3.63) is 70.3 Å². The van der Waals surface area contributed by atoms with Crippen molar-refractivity contribution < 1.29 is 17.4 Å². The van der Waals surface area contributed by atoms with Gasteiger partial charge in [0.1, 0.15) is 0 Å². The van der Waals surface area contributed by atoms with Crippen molar-refractivity contribution in [2.24, 2.45) is 0 Å². The van der Waals surface area contributed by atoms with E-state index in [1.54, 1.807) is 13.0 Å². The van der Waals surface area contributed by atoms with Crippen LogP contribution in [0.4, 0.5) is 5.69 Å². The molecule has 34 heavy (non-hydrogen) atoms. The highest BCUT2D eigenvalue weighted by Crippen LogP contribution is 2.27. The second-order valence-corrected chi connectivity index (χ2v) is 10.5. The van der Waals surface area contributed by atoms with Crippen molar-refractivity contribution in [2.75, 3.05) is 24.5 Å². The molecular formula is C23H25N5O5S. The molecule has 2 aromatic carbocycles. The molecule has 0 aliphatic carbocycles. The highest BCUT2D eigenvalue weighted by Gasteiger charge is 2.33. The van der Waals surface area contributed by atoms with E-state index in [2.05, 4.69) is 21.1 Å². The Labute approximate surface area is 196 Å². The summed E-state index contributed by atoms with van der Waals surface area (Å²) in [7, 11) is -3.76. The standard InChI is InChI=1S/C23H25N5O5S/c1-15-5-4-6-18(11-15)27-10-9-26(13-16(27)2)34(30,31)19-7-8-20-21(12-19)32-23(29)28(20)14-22-24-17(3)33-25-22/h4-8,11-12,16H,9-10,13-14H2,1-3H3/t16-/m0/s1. The smallest absolute Gasteiger partial charge is 0.408 e. The maximum atomic E-state index is 13.4. The van der Waals surface area contributed by atoms with Gasteiger partial charge >= 0.3 is 5.76 Å². The number of fused-ring (bicyclic) bond motifs is 1. The Bertz CT molecular complexity index is 1520. The molecule has 1 saturated heterocycles. The Morgan fingerprint density at radius 2 is 1.94 bits per heavy atom. The highest BCUT2D eigenvalue weighted by molar-refractivity contribution is 7.89. The lowest BCUT2D eigenvalue weighted by Crippen LogP contribution is -2.53. The number of hydrogen-bond acceptors (Lipinski definition) is 8. The van der Waals surface area contributed by atoms with Gasteiger partial charge in [-0.25, -0.2) is 13.2 Å². The first-order valence-corrected chi connectivity index (χ1v) is 12.4. The summed E-state index contributed by atoms with van der Waals surface area (Å²) in [6, 6.07) is 12.7. The van der Waals surface area contributed by atoms with Gasteiger partial charge in [-0.15, -0.1) is 0 Å². The van der Waals surface area contributed by atoms with E-state index in [1.807, 2.05) is 32.0 Å². The number of aromatic nitrogens is 3. The SMILES string of the molecule is Cc1cccc(N2CCN(S(=O)(=O)c3ccc4c(c3)oc(=O)n4Cc3noc(C)n3)C[C@@H]2C)c1. The fourth-order valence-electron chi connectivity index (χ4n) is 4.39. The summed E-state index contributed by atoms with van der Waals surface area (Å²) < 4.78 is 39.9. The van der Waals surface area contributed by atoms with E-state index < -0.39 is 15.8 Å². The quantitative estimate of drug-likeness (QED) is 0.425. The molecule has 1 aliphatic heterocycles. The van der Waals surface area contributed by atoms with Gasteiger partial charge in [-0.05, 0) is 43.7 Å². The average Bonchev–Trinajstić information content (AvgIpc) is 3.35. The van der Waals surface area contributed by atoms with Crippen LogP contribution < -0.4 is 10.7 Å². The fourth-order valence-corrected chi connectivity index (χ4v) is 5.91. The zero-order chi connectivity index (χ0) is 24.0. The van der Waals surface area contributed by atoms with E-state index in [0.29, 0.717) is 36.9 Å². The normalized spacial score (nSPS) is 17.5. The number of benzene rings is 2. The molecule has 0 saturated carbocycles. The van der Waals surface area contributed by atoms with Crippen LogP contribution in [0, 0.1) is 13.8 Å². The molecule has 0 bridgehead atoms. The minimum Gasteiger partial charge on any atom is -0.408 e. The van der Waals surface area contributed by atoms with Crippen molar-refractivity contribution in [1.82, 2.24) is 19.0 Å². The van der Waals surface area contributed by atoms with Gasteiger partial charge < -0.3 is 13.8 Å². The second-order valence-electron chi connectivity index (χ2n) is 8.56. The Morgan fingerprint density at radius 3 is 2.65 bits per heavy atom. The van der Waals surface area contributed by atoms with Gasteiger partial charge in [0.15, 0.2) is 11.4 Å². The Morgan fingerprint density at radius 1 is 1.12 bits per heavy atom. The molecule has 1 aliphatic rings. The van der Waals surface area contributed by atoms with Crippen LogP contribution in [0.3, 0.4) is 0 Å². The van der Waals surface area contributed by atoms with Crippen molar-refractivity contribution >= 4 is 26.8 Å². The fraction of sp³-hybridized carbons (Fsp3) is 0.348. The van der Waals surface area contributed by atoms with E-state index >= 15 is 0 Å². The molecule has 10 nitrogen and oxygen atoms in total. The summed E-state index contributed by atoms with van der Waals surface area (Å²) in [6.45, 7) is 7.09. The molecule has 4 aromatic rings. The van der Waals surface area contributed by atoms with Crippen LogP contribution in [0.2, 0.25) is 0 Å². The molecule has 1 atom stereocenters. The van der Waals surface area contributed by atoms with Gasteiger partial charge in [-0.2, -0.15) is 9.29 Å². The minimum atomic E-state index is -3.76. The van der Waals surface area contributed by atoms with Gasteiger partial charge in [0, 0.05) is 44.4 Å². The zero-order valence-electron chi connectivity index (χ0n) is 19.1. The Balaban J connectivity index is 1.39. The van der Waals surface area contributed by atoms with Crippen molar-refractivity contribution in [2.45, 2.75) is 38.3 Å². The molecule has 0 amide bonds. The maximum Gasteiger partial charge on any atom is 0.420 e. The van der Waals surface area contributed by atoms with Crippen LogP contribution in [0.5, 0.6) is 0 Å².